The molecule has 4 atom stereocenters. The molecule has 2 amide bonds. The summed E-state index contributed by atoms with van der Waals surface area (Å²) in [5.41, 5.74) is 0.785. The highest BCUT2D eigenvalue weighted by Gasteiger charge is 2.42. The number of amides is 2. The van der Waals surface area contributed by atoms with Crippen LogP contribution in [-0.2, 0) is 0 Å². The van der Waals surface area contributed by atoms with Gasteiger partial charge in [-0.1, -0.05) is 6.42 Å². The first-order chi connectivity index (χ1) is 9.22. The molecular formula is C15H21N3O. The number of carbonyl (C=O) groups is 1. The van der Waals surface area contributed by atoms with Crippen LogP contribution in [0.25, 0.3) is 0 Å². The molecule has 0 saturated heterocycles. The van der Waals surface area contributed by atoms with Gasteiger partial charge in [-0.3, -0.25) is 4.98 Å². The zero-order valence-electron chi connectivity index (χ0n) is 11.3. The number of rotatable bonds is 3. The number of hydrogen-bond acceptors (Lipinski definition) is 2. The maximum atomic E-state index is 11.9. The first-order valence-electron chi connectivity index (χ1n) is 7.20. The van der Waals surface area contributed by atoms with Crippen LogP contribution in [0.4, 0.5) is 10.5 Å². The van der Waals surface area contributed by atoms with Crippen molar-refractivity contribution in [2.24, 2.45) is 17.8 Å². The van der Waals surface area contributed by atoms with E-state index in [9.17, 15) is 4.79 Å². The number of fused-ring (bicyclic) bond motifs is 2. The van der Waals surface area contributed by atoms with Gasteiger partial charge in [0.1, 0.15) is 0 Å². The van der Waals surface area contributed by atoms with Gasteiger partial charge < -0.3 is 10.6 Å². The zero-order chi connectivity index (χ0) is 13.2. The molecule has 2 saturated carbocycles. The van der Waals surface area contributed by atoms with Gasteiger partial charge in [-0.15, -0.1) is 0 Å². The van der Waals surface area contributed by atoms with Crippen molar-refractivity contribution in [2.45, 2.75) is 38.6 Å². The fraction of sp³-hybridized carbons (Fsp3) is 0.600. The average molecular weight is 259 g/mol. The molecule has 4 unspecified atom stereocenters. The van der Waals surface area contributed by atoms with Crippen LogP contribution in [0.15, 0.2) is 24.5 Å². The number of pyridine rings is 1. The van der Waals surface area contributed by atoms with Crippen LogP contribution < -0.4 is 10.6 Å². The highest BCUT2D eigenvalue weighted by atomic mass is 16.2. The molecule has 0 aliphatic heterocycles. The second kappa shape index (κ2) is 5.19. The standard InChI is InChI=1S/C15H21N3O/c1-10(14-9-11-2-3-12(14)8-11)17-15(19)18-13-4-6-16-7-5-13/h4-7,10-12,14H,2-3,8-9H2,1H3,(H2,16,17,18,19). The second-order valence-corrected chi connectivity index (χ2v) is 5.96. The Kier molecular flexibility index (Phi) is 3.40. The molecular weight excluding hydrogens is 238 g/mol. The van der Waals surface area contributed by atoms with E-state index in [2.05, 4.69) is 22.5 Å². The molecule has 19 heavy (non-hydrogen) atoms. The summed E-state index contributed by atoms with van der Waals surface area (Å²) < 4.78 is 0. The Morgan fingerprint density at radius 1 is 1.32 bits per heavy atom. The first kappa shape index (κ1) is 12.5. The third-order valence-corrected chi connectivity index (χ3v) is 4.73. The molecule has 2 aliphatic rings. The van der Waals surface area contributed by atoms with Gasteiger partial charge in [-0.05, 0) is 56.1 Å². The fourth-order valence-corrected chi connectivity index (χ4v) is 3.82. The number of carbonyl (C=O) groups excluding carboxylic acids is 1. The number of nitrogens with zero attached hydrogens (tertiary/aromatic N) is 1. The van der Waals surface area contributed by atoms with E-state index in [1.807, 2.05) is 0 Å². The monoisotopic (exact) mass is 259 g/mol. The van der Waals surface area contributed by atoms with E-state index in [-0.39, 0.29) is 12.1 Å². The van der Waals surface area contributed by atoms with E-state index in [4.69, 9.17) is 0 Å². The van der Waals surface area contributed by atoms with Gasteiger partial charge in [0.2, 0.25) is 0 Å². The lowest BCUT2D eigenvalue weighted by atomic mass is 9.84. The second-order valence-electron chi connectivity index (χ2n) is 5.96. The summed E-state index contributed by atoms with van der Waals surface area (Å²) in [6, 6.07) is 3.74. The molecule has 4 nitrogen and oxygen atoms in total. The molecule has 0 aromatic carbocycles. The van der Waals surface area contributed by atoms with Crippen molar-refractivity contribution in [3.63, 3.8) is 0 Å². The third-order valence-electron chi connectivity index (χ3n) is 4.73. The van der Waals surface area contributed by atoms with Gasteiger partial charge in [0.25, 0.3) is 0 Å². The van der Waals surface area contributed by atoms with Gasteiger partial charge in [-0.2, -0.15) is 0 Å². The minimum Gasteiger partial charge on any atom is -0.335 e. The van der Waals surface area contributed by atoms with E-state index in [1.165, 1.54) is 25.7 Å². The van der Waals surface area contributed by atoms with Crippen molar-refractivity contribution in [3.8, 4) is 0 Å². The average Bonchev–Trinajstić information content (AvgIpc) is 3.02. The van der Waals surface area contributed by atoms with Crippen LogP contribution in [0.3, 0.4) is 0 Å². The number of urea groups is 1. The summed E-state index contributed by atoms with van der Waals surface area (Å²) in [5.74, 6) is 2.42. The molecule has 3 rings (SSSR count). The van der Waals surface area contributed by atoms with Crippen LogP contribution in [-0.4, -0.2) is 17.1 Å². The van der Waals surface area contributed by atoms with Crippen molar-refractivity contribution in [1.29, 1.82) is 0 Å². The summed E-state index contributed by atoms with van der Waals surface area (Å²) in [6.45, 7) is 2.14. The van der Waals surface area contributed by atoms with Crippen molar-refractivity contribution in [2.75, 3.05) is 5.32 Å². The summed E-state index contributed by atoms with van der Waals surface area (Å²) in [7, 11) is 0. The molecule has 0 spiro atoms. The predicted octanol–water partition coefficient (Wildman–Crippen LogP) is 3.03. The lowest BCUT2D eigenvalue weighted by molar-refractivity contribution is 0.230. The van der Waals surface area contributed by atoms with Gasteiger partial charge >= 0.3 is 6.03 Å². The maximum Gasteiger partial charge on any atom is 0.319 e. The van der Waals surface area contributed by atoms with Crippen LogP contribution in [0.5, 0.6) is 0 Å². The molecule has 2 fully saturated rings. The van der Waals surface area contributed by atoms with Crippen molar-refractivity contribution < 1.29 is 4.79 Å². The van der Waals surface area contributed by atoms with E-state index in [1.54, 1.807) is 24.5 Å². The molecule has 2 bridgehead atoms. The third kappa shape index (κ3) is 2.72. The minimum atomic E-state index is -0.110. The van der Waals surface area contributed by atoms with Crippen molar-refractivity contribution in [1.82, 2.24) is 10.3 Å². The minimum absolute atomic E-state index is 0.110. The summed E-state index contributed by atoms with van der Waals surface area (Å²) in [5, 5.41) is 5.94. The molecule has 102 valence electrons. The number of hydrogen-bond donors (Lipinski definition) is 2. The van der Waals surface area contributed by atoms with Crippen LogP contribution in [0.1, 0.15) is 32.6 Å². The molecule has 1 aromatic rings. The van der Waals surface area contributed by atoms with E-state index in [0.717, 1.165) is 17.5 Å². The highest BCUT2D eigenvalue weighted by molar-refractivity contribution is 5.89. The Morgan fingerprint density at radius 3 is 2.74 bits per heavy atom. The van der Waals surface area contributed by atoms with Gasteiger partial charge in [0.15, 0.2) is 0 Å². The van der Waals surface area contributed by atoms with Gasteiger partial charge in [-0.25, -0.2) is 4.79 Å². The highest BCUT2D eigenvalue weighted by Crippen LogP contribution is 2.49. The number of aromatic nitrogens is 1. The quantitative estimate of drug-likeness (QED) is 0.876. The van der Waals surface area contributed by atoms with Crippen LogP contribution >= 0.6 is 0 Å². The van der Waals surface area contributed by atoms with E-state index in [0.29, 0.717) is 5.92 Å². The summed E-state index contributed by atoms with van der Waals surface area (Å²) in [4.78, 5) is 15.9. The summed E-state index contributed by atoms with van der Waals surface area (Å²) in [6.07, 6.45) is 8.78. The first-order valence-corrected chi connectivity index (χ1v) is 7.20. The largest absolute Gasteiger partial charge is 0.335 e. The topological polar surface area (TPSA) is 54.0 Å². The van der Waals surface area contributed by atoms with Crippen molar-refractivity contribution >= 4 is 11.7 Å². The fourth-order valence-electron chi connectivity index (χ4n) is 3.82. The Hall–Kier alpha value is -1.58. The normalized spacial score (nSPS) is 30.1. The molecule has 4 heteroatoms. The molecule has 1 aromatic heterocycles. The zero-order valence-corrected chi connectivity index (χ0v) is 11.3. The smallest absolute Gasteiger partial charge is 0.319 e. The number of nitrogens with one attached hydrogen (secondary N) is 2. The van der Waals surface area contributed by atoms with E-state index >= 15 is 0 Å². The Balaban J connectivity index is 1.52. The Morgan fingerprint density at radius 2 is 2.11 bits per heavy atom. The lowest BCUT2D eigenvalue weighted by Gasteiger charge is -2.28. The van der Waals surface area contributed by atoms with Gasteiger partial charge in [0.05, 0.1) is 0 Å². The maximum absolute atomic E-state index is 11.9. The van der Waals surface area contributed by atoms with Crippen molar-refractivity contribution in [3.05, 3.63) is 24.5 Å². The molecule has 1 heterocycles. The molecule has 0 radical (unpaired) electrons. The SMILES string of the molecule is CC(NC(=O)Nc1ccncc1)C1CC2CCC1C2. The predicted molar refractivity (Wildman–Crippen MR) is 74.8 cm³/mol. The Bertz CT molecular complexity index is 448. The number of anilines is 1. The van der Waals surface area contributed by atoms with Gasteiger partial charge in [0, 0.05) is 24.1 Å². The summed E-state index contributed by atoms with van der Waals surface area (Å²) >= 11 is 0. The lowest BCUT2D eigenvalue weighted by Crippen LogP contribution is -2.42. The van der Waals surface area contributed by atoms with E-state index < -0.39 is 0 Å². The molecule has 2 N–H and O–H groups in total. The molecule has 2 aliphatic carbocycles. The Labute approximate surface area is 114 Å². The van der Waals surface area contributed by atoms with Crippen LogP contribution in [0, 0.1) is 17.8 Å². The van der Waals surface area contributed by atoms with Crippen LogP contribution in [0.2, 0.25) is 0 Å².